The predicted octanol–water partition coefficient (Wildman–Crippen LogP) is 3.14. The molecule has 104 valence electrons. The van der Waals surface area contributed by atoms with Crippen molar-refractivity contribution in [3.8, 4) is 6.07 Å². The van der Waals surface area contributed by atoms with Gasteiger partial charge < -0.3 is 10.3 Å². The van der Waals surface area contributed by atoms with Crippen molar-refractivity contribution < 1.29 is 0 Å². The van der Waals surface area contributed by atoms with Crippen molar-refractivity contribution in [2.45, 2.75) is 6.42 Å². The summed E-state index contributed by atoms with van der Waals surface area (Å²) in [4.78, 5) is 11.3. The molecule has 21 heavy (non-hydrogen) atoms. The van der Waals surface area contributed by atoms with Crippen LogP contribution in [0.5, 0.6) is 0 Å². The number of fused-ring (bicyclic) bond motifs is 1. The van der Waals surface area contributed by atoms with Crippen LogP contribution in [-0.2, 0) is 6.42 Å². The largest absolute Gasteiger partial charge is 0.368 e. The lowest BCUT2D eigenvalue weighted by molar-refractivity contribution is 1.00. The highest BCUT2D eigenvalue weighted by Crippen LogP contribution is 2.22. The normalized spacial score (nSPS) is 10.5. The maximum atomic E-state index is 8.67. The van der Waals surface area contributed by atoms with Crippen LogP contribution in [0.15, 0.2) is 36.8 Å². The molecular weight excluding hydrogens is 286 g/mol. The van der Waals surface area contributed by atoms with Gasteiger partial charge in [-0.15, -0.1) is 0 Å². The fourth-order valence-corrected chi connectivity index (χ4v) is 2.33. The molecule has 0 aliphatic carbocycles. The number of nitrogens with one attached hydrogen (secondary N) is 2. The number of nitrogens with zero attached hydrogens (tertiary/aromatic N) is 3. The van der Waals surface area contributed by atoms with Gasteiger partial charge in [-0.3, -0.25) is 0 Å². The third kappa shape index (κ3) is 2.96. The molecule has 0 amide bonds. The number of hydrogen-bond donors (Lipinski definition) is 2. The van der Waals surface area contributed by atoms with Crippen molar-refractivity contribution >= 4 is 28.3 Å². The van der Waals surface area contributed by atoms with Crippen molar-refractivity contribution in [3.63, 3.8) is 0 Å². The highest BCUT2D eigenvalue weighted by atomic mass is 35.5. The Morgan fingerprint density at radius 2 is 2.19 bits per heavy atom. The Balaban J connectivity index is 1.66. The van der Waals surface area contributed by atoms with E-state index in [0.717, 1.165) is 28.9 Å². The van der Waals surface area contributed by atoms with E-state index in [2.05, 4.69) is 20.3 Å². The molecule has 0 aliphatic rings. The van der Waals surface area contributed by atoms with Crippen LogP contribution in [0, 0.1) is 11.3 Å². The number of H-pyrrole nitrogens is 1. The Labute approximate surface area is 126 Å². The topological polar surface area (TPSA) is 77.4 Å². The molecule has 0 fully saturated rings. The van der Waals surface area contributed by atoms with Gasteiger partial charge in [0.25, 0.3) is 0 Å². The van der Waals surface area contributed by atoms with Crippen LogP contribution >= 0.6 is 11.6 Å². The molecule has 2 N–H and O–H groups in total. The number of rotatable bonds is 4. The van der Waals surface area contributed by atoms with Crippen LogP contribution in [0.2, 0.25) is 5.02 Å². The van der Waals surface area contributed by atoms with Gasteiger partial charge in [-0.05, 0) is 30.2 Å². The zero-order valence-electron chi connectivity index (χ0n) is 11.1. The number of aromatic amines is 1. The summed E-state index contributed by atoms with van der Waals surface area (Å²) < 4.78 is 0. The monoisotopic (exact) mass is 297 g/mol. The van der Waals surface area contributed by atoms with Gasteiger partial charge in [0.1, 0.15) is 11.9 Å². The highest BCUT2D eigenvalue weighted by Gasteiger charge is 2.04. The summed E-state index contributed by atoms with van der Waals surface area (Å²) in [6, 6.07) is 7.75. The van der Waals surface area contributed by atoms with Crippen LogP contribution < -0.4 is 5.32 Å². The van der Waals surface area contributed by atoms with Crippen LogP contribution in [0.3, 0.4) is 0 Å². The van der Waals surface area contributed by atoms with Crippen molar-refractivity contribution in [2.75, 3.05) is 11.9 Å². The third-order valence-corrected chi connectivity index (χ3v) is 3.43. The van der Waals surface area contributed by atoms with E-state index in [1.165, 1.54) is 11.8 Å². The van der Waals surface area contributed by atoms with E-state index in [4.69, 9.17) is 16.9 Å². The van der Waals surface area contributed by atoms with E-state index in [-0.39, 0.29) is 0 Å². The Bertz CT molecular complexity index is 801. The minimum absolute atomic E-state index is 0.312. The second-order valence-electron chi connectivity index (χ2n) is 4.58. The molecule has 3 rings (SSSR count). The van der Waals surface area contributed by atoms with Gasteiger partial charge in [-0.2, -0.15) is 5.26 Å². The van der Waals surface area contributed by atoms with Gasteiger partial charge in [-0.25, -0.2) is 9.97 Å². The fraction of sp³-hybridized carbons (Fsp3) is 0.133. The van der Waals surface area contributed by atoms with Gasteiger partial charge in [0.05, 0.1) is 12.4 Å². The fourth-order valence-electron chi connectivity index (χ4n) is 2.16. The van der Waals surface area contributed by atoms with E-state index < -0.39 is 0 Å². The Kier molecular flexibility index (Phi) is 3.71. The quantitative estimate of drug-likeness (QED) is 0.775. The minimum atomic E-state index is 0.312. The maximum absolute atomic E-state index is 8.67. The lowest BCUT2D eigenvalue weighted by atomic mass is 10.1. The zero-order valence-corrected chi connectivity index (χ0v) is 11.9. The second-order valence-corrected chi connectivity index (χ2v) is 5.02. The molecule has 0 saturated heterocycles. The van der Waals surface area contributed by atoms with Crippen molar-refractivity contribution in [1.29, 1.82) is 5.26 Å². The molecule has 0 aliphatic heterocycles. The van der Waals surface area contributed by atoms with Gasteiger partial charge in [-0.1, -0.05) is 11.6 Å². The Morgan fingerprint density at radius 1 is 1.29 bits per heavy atom. The summed E-state index contributed by atoms with van der Waals surface area (Å²) in [6.45, 7) is 0.722. The van der Waals surface area contributed by atoms with E-state index in [9.17, 15) is 0 Å². The third-order valence-electron chi connectivity index (χ3n) is 3.20. The summed E-state index contributed by atoms with van der Waals surface area (Å²) in [5, 5.41) is 13.7. The number of anilines is 1. The van der Waals surface area contributed by atoms with Crippen LogP contribution in [0.1, 0.15) is 11.3 Å². The van der Waals surface area contributed by atoms with Crippen molar-refractivity contribution in [2.24, 2.45) is 0 Å². The number of nitriles is 1. The van der Waals surface area contributed by atoms with Crippen molar-refractivity contribution in [1.82, 2.24) is 15.0 Å². The Hall–Kier alpha value is -2.58. The summed E-state index contributed by atoms with van der Waals surface area (Å²) in [5.41, 5.74) is 2.58. The lowest BCUT2D eigenvalue weighted by Crippen LogP contribution is -2.06. The first-order valence-corrected chi connectivity index (χ1v) is 6.85. The number of aromatic nitrogens is 3. The number of hydrogen-bond acceptors (Lipinski definition) is 4. The summed E-state index contributed by atoms with van der Waals surface area (Å²) in [5.74, 6) is 0.659. The molecule has 0 bridgehead atoms. The average molecular weight is 298 g/mol. The predicted molar refractivity (Wildman–Crippen MR) is 82.2 cm³/mol. The molecule has 0 atom stereocenters. The van der Waals surface area contributed by atoms with Gasteiger partial charge in [0.15, 0.2) is 5.69 Å². The maximum Gasteiger partial charge on any atom is 0.158 e. The summed E-state index contributed by atoms with van der Waals surface area (Å²) >= 11 is 6.03. The highest BCUT2D eigenvalue weighted by molar-refractivity contribution is 6.31. The number of benzene rings is 1. The van der Waals surface area contributed by atoms with Crippen molar-refractivity contribution in [3.05, 3.63) is 53.1 Å². The average Bonchev–Trinajstić information content (AvgIpc) is 2.90. The molecule has 2 aromatic heterocycles. The molecule has 0 saturated carbocycles. The SMILES string of the molecule is N#Cc1cnc(NCCc2c[nH]c3ccc(Cl)cc23)cn1. The minimum Gasteiger partial charge on any atom is -0.368 e. The molecule has 0 radical (unpaired) electrons. The van der Waals surface area contributed by atoms with Gasteiger partial charge in [0, 0.05) is 28.7 Å². The van der Waals surface area contributed by atoms with Gasteiger partial charge in [0.2, 0.25) is 0 Å². The molecule has 1 aromatic carbocycles. The van der Waals surface area contributed by atoms with E-state index in [1.807, 2.05) is 30.5 Å². The zero-order chi connectivity index (χ0) is 14.7. The van der Waals surface area contributed by atoms with E-state index >= 15 is 0 Å². The van der Waals surface area contributed by atoms with Crippen LogP contribution in [0.4, 0.5) is 5.82 Å². The molecular formula is C15H12ClN5. The number of halogens is 1. The second kappa shape index (κ2) is 5.81. The summed E-state index contributed by atoms with van der Waals surface area (Å²) in [6.07, 6.45) is 5.84. The molecule has 0 spiro atoms. The Morgan fingerprint density at radius 3 is 2.95 bits per heavy atom. The van der Waals surface area contributed by atoms with E-state index in [1.54, 1.807) is 6.20 Å². The van der Waals surface area contributed by atoms with Crippen LogP contribution in [-0.4, -0.2) is 21.5 Å². The first kappa shape index (κ1) is 13.4. The lowest BCUT2D eigenvalue weighted by Gasteiger charge is -2.04. The van der Waals surface area contributed by atoms with Crippen LogP contribution in [0.25, 0.3) is 10.9 Å². The first-order chi connectivity index (χ1) is 10.3. The van der Waals surface area contributed by atoms with Gasteiger partial charge >= 0.3 is 0 Å². The molecule has 6 heteroatoms. The van der Waals surface area contributed by atoms with E-state index in [0.29, 0.717) is 11.5 Å². The summed E-state index contributed by atoms with van der Waals surface area (Å²) in [7, 11) is 0. The standard InChI is InChI=1S/C15H12ClN5/c16-11-1-2-14-13(5-11)10(7-20-14)3-4-18-15-9-19-12(6-17)8-21-15/h1-2,5,7-9,20H,3-4H2,(H,18,21). The molecule has 0 unspecified atom stereocenters. The first-order valence-electron chi connectivity index (χ1n) is 6.48. The smallest absolute Gasteiger partial charge is 0.158 e. The molecule has 2 heterocycles. The molecule has 3 aromatic rings. The molecule has 5 nitrogen and oxygen atoms in total.